The molecule has 3 N–H and O–H groups in total. The highest BCUT2D eigenvalue weighted by Crippen LogP contribution is 2.25. The van der Waals surface area contributed by atoms with Crippen LogP contribution in [0.3, 0.4) is 0 Å². The van der Waals surface area contributed by atoms with Gasteiger partial charge in [-0.05, 0) is 59.3 Å². The maximum Gasteiger partial charge on any atom is 0.294 e. The Morgan fingerprint density at radius 3 is 2.12 bits per heavy atom. The molecule has 0 aliphatic rings. The fourth-order valence-corrected chi connectivity index (χ4v) is 3.17. The van der Waals surface area contributed by atoms with Crippen LogP contribution in [-0.4, -0.2) is 23.3 Å². The summed E-state index contributed by atoms with van der Waals surface area (Å²) in [6.07, 6.45) is 0. The number of amides is 1. The second-order valence-corrected chi connectivity index (χ2v) is 7.77. The third kappa shape index (κ3) is 4.51. The Kier molecular flexibility index (Phi) is 5.44. The Morgan fingerprint density at radius 1 is 0.885 bits per heavy atom. The molecule has 0 saturated carbocycles. The summed E-state index contributed by atoms with van der Waals surface area (Å²) < 4.78 is 32.0. The molecule has 3 aromatic rings. The molecule has 0 radical (unpaired) electrons. The van der Waals surface area contributed by atoms with E-state index in [1.165, 1.54) is 12.1 Å². The minimum Gasteiger partial charge on any atom is -0.356 e. The molecule has 1 amide bonds. The summed E-state index contributed by atoms with van der Waals surface area (Å²) in [5.41, 5.74) is 2.42. The van der Waals surface area contributed by atoms with E-state index in [9.17, 15) is 13.2 Å². The number of halogens is 1. The van der Waals surface area contributed by atoms with Crippen molar-refractivity contribution in [1.82, 2.24) is 0 Å². The molecule has 8 heteroatoms. The van der Waals surface area contributed by atoms with Crippen LogP contribution >= 0.6 is 22.6 Å². The van der Waals surface area contributed by atoms with Crippen LogP contribution in [0.15, 0.2) is 65.6 Å². The molecular formula is C18H15IN2O4S. The van der Waals surface area contributed by atoms with E-state index in [1.807, 2.05) is 59.0 Å². The monoisotopic (exact) mass is 482 g/mol. The van der Waals surface area contributed by atoms with Crippen molar-refractivity contribution < 1.29 is 17.8 Å². The first kappa shape index (κ1) is 18.6. The molecule has 6 nitrogen and oxygen atoms in total. The molecule has 26 heavy (non-hydrogen) atoms. The highest BCUT2D eigenvalue weighted by atomic mass is 127. The molecule has 0 saturated heterocycles. The number of rotatable bonds is 5. The van der Waals surface area contributed by atoms with E-state index in [0.717, 1.165) is 22.4 Å². The van der Waals surface area contributed by atoms with Crippen molar-refractivity contribution in [3.8, 4) is 0 Å². The van der Waals surface area contributed by atoms with Crippen LogP contribution in [0.25, 0.3) is 10.8 Å². The van der Waals surface area contributed by atoms with Gasteiger partial charge in [0.1, 0.15) is 0 Å². The summed E-state index contributed by atoms with van der Waals surface area (Å²) in [5.74, 6) is -0.0508. The molecule has 3 aromatic carbocycles. The van der Waals surface area contributed by atoms with Gasteiger partial charge in [-0.25, -0.2) is 0 Å². The lowest BCUT2D eigenvalue weighted by Gasteiger charge is -2.09. The summed E-state index contributed by atoms with van der Waals surface area (Å²) in [6, 6.07) is 17.3. The molecule has 3 rings (SSSR count). The maximum atomic E-state index is 11.4. The van der Waals surface area contributed by atoms with Crippen molar-refractivity contribution >= 4 is 66.5 Å². The second-order valence-electron chi connectivity index (χ2n) is 5.58. The number of nitrogens with one attached hydrogen (secondary N) is 2. The molecular weight excluding hydrogens is 467 g/mol. The van der Waals surface area contributed by atoms with Crippen LogP contribution in [0.2, 0.25) is 0 Å². The van der Waals surface area contributed by atoms with Crippen molar-refractivity contribution in [2.45, 2.75) is 4.90 Å². The van der Waals surface area contributed by atoms with Crippen LogP contribution in [0.4, 0.5) is 17.1 Å². The first-order valence-electron chi connectivity index (χ1n) is 7.59. The third-order valence-electron chi connectivity index (χ3n) is 3.69. The molecule has 0 aliphatic heterocycles. The van der Waals surface area contributed by atoms with Gasteiger partial charge < -0.3 is 10.6 Å². The molecule has 0 spiro atoms. The van der Waals surface area contributed by atoms with Gasteiger partial charge in [0.2, 0.25) is 5.91 Å². The summed E-state index contributed by atoms with van der Waals surface area (Å²) in [7, 11) is -4.21. The Morgan fingerprint density at radius 2 is 1.46 bits per heavy atom. The van der Waals surface area contributed by atoms with Crippen LogP contribution in [0.5, 0.6) is 0 Å². The predicted octanol–water partition coefficient (Wildman–Crippen LogP) is 4.20. The van der Waals surface area contributed by atoms with E-state index >= 15 is 0 Å². The molecule has 0 aromatic heterocycles. The van der Waals surface area contributed by atoms with E-state index in [2.05, 4.69) is 10.6 Å². The Bertz CT molecular complexity index is 1070. The molecule has 0 atom stereocenters. The van der Waals surface area contributed by atoms with Gasteiger partial charge in [-0.2, -0.15) is 8.42 Å². The van der Waals surface area contributed by atoms with E-state index < -0.39 is 10.1 Å². The first-order valence-corrected chi connectivity index (χ1v) is 10.6. The lowest BCUT2D eigenvalue weighted by molar-refractivity contribution is -0.113. The SMILES string of the molecule is O=C(CI)Nc1ccc(Nc2ccc3cc(S(=O)(=O)O)ccc3c2)cc1. The van der Waals surface area contributed by atoms with E-state index in [1.54, 1.807) is 12.1 Å². The molecule has 0 heterocycles. The minimum absolute atomic E-state index is 0.0508. The molecule has 0 unspecified atom stereocenters. The number of carbonyl (C=O) groups is 1. The smallest absolute Gasteiger partial charge is 0.294 e. The van der Waals surface area contributed by atoms with Gasteiger partial charge in [0.05, 0.1) is 9.32 Å². The average molecular weight is 482 g/mol. The zero-order chi connectivity index (χ0) is 18.7. The Balaban J connectivity index is 1.79. The van der Waals surface area contributed by atoms with E-state index in [0.29, 0.717) is 9.81 Å². The molecule has 0 aliphatic carbocycles. The number of alkyl halides is 1. The average Bonchev–Trinajstić information content (AvgIpc) is 2.62. The second kappa shape index (κ2) is 7.60. The summed E-state index contributed by atoms with van der Waals surface area (Å²) in [6.45, 7) is 0. The third-order valence-corrected chi connectivity index (χ3v) is 5.23. The van der Waals surface area contributed by atoms with Gasteiger partial charge in [0.15, 0.2) is 0 Å². The fraction of sp³-hybridized carbons (Fsp3) is 0.0556. The largest absolute Gasteiger partial charge is 0.356 e. The fourth-order valence-electron chi connectivity index (χ4n) is 2.46. The van der Waals surface area contributed by atoms with Crippen molar-refractivity contribution in [3.05, 3.63) is 60.7 Å². The standard InChI is InChI=1S/C18H15IN2O4S/c19-11-18(22)21-15-6-4-14(5-7-15)20-16-3-1-13-10-17(26(23,24)25)8-2-12(13)9-16/h1-10,20H,11H2,(H,21,22)(H,23,24,25). The number of benzene rings is 3. The highest BCUT2D eigenvalue weighted by molar-refractivity contribution is 14.1. The Hall–Kier alpha value is -2.17. The first-order chi connectivity index (χ1) is 12.3. The van der Waals surface area contributed by atoms with Crippen LogP contribution in [0, 0.1) is 0 Å². The van der Waals surface area contributed by atoms with Gasteiger partial charge in [-0.3, -0.25) is 9.35 Å². The Labute approximate surface area is 164 Å². The topological polar surface area (TPSA) is 95.5 Å². The number of carbonyl (C=O) groups excluding carboxylic acids is 1. The molecule has 0 bridgehead atoms. The summed E-state index contributed by atoms with van der Waals surface area (Å²) in [4.78, 5) is 11.3. The lowest BCUT2D eigenvalue weighted by atomic mass is 10.1. The number of anilines is 3. The summed E-state index contributed by atoms with van der Waals surface area (Å²) in [5, 5.41) is 7.59. The minimum atomic E-state index is -4.21. The highest BCUT2D eigenvalue weighted by Gasteiger charge is 2.10. The normalized spacial score (nSPS) is 11.3. The van der Waals surface area contributed by atoms with Crippen molar-refractivity contribution in [1.29, 1.82) is 0 Å². The van der Waals surface area contributed by atoms with Crippen LogP contribution in [-0.2, 0) is 14.9 Å². The van der Waals surface area contributed by atoms with E-state index in [-0.39, 0.29) is 10.8 Å². The molecule has 134 valence electrons. The number of hydrogen-bond acceptors (Lipinski definition) is 4. The number of hydrogen-bond donors (Lipinski definition) is 3. The molecule has 0 fully saturated rings. The van der Waals surface area contributed by atoms with Crippen molar-refractivity contribution in [2.75, 3.05) is 15.1 Å². The lowest BCUT2D eigenvalue weighted by Crippen LogP contribution is -2.11. The predicted molar refractivity (Wildman–Crippen MR) is 111 cm³/mol. The zero-order valence-corrected chi connectivity index (χ0v) is 16.4. The van der Waals surface area contributed by atoms with Gasteiger partial charge in [0, 0.05) is 17.1 Å². The zero-order valence-electron chi connectivity index (χ0n) is 13.4. The van der Waals surface area contributed by atoms with E-state index in [4.69, 9.17) is 4.55 Å². The van der Waals surface area contributed by atoms with Gasteiger partial charge in [-0.1, -0.05) is 34.7 Å². The van der Waals surface area contributed by atoms with Crippen LogP contribution < -0.4 is 10.6 Å². The van der Waals surface area contributed by atoms with Gasteiger partial charge in [0.25, 0.3) is 10.1 Å². The van der Waals surface area contributed by atoms with Gasteiger partial charge >= 0.3 is 0 Å². The quantitative estimate of drug-likeness (QED) is 0.288. The number of fused-ring (bicyclic) bond motifs is 1. The maximum absolute atomic E-state index is 11.4. The van der Waals surface area contributed by atoms with Crippen molar-refractivity contribution in [2.24, 2.45) is 0 Å². The van der Waals surface area contributed by atoms with Crippen molar-refractivity contribution in [3.63, 3.8) is 0 Å². The van der Waals surface area contributed by atoms with Gasteiger partial charge in [-0.15, -0.1) is 0 Å². The summed E-state index contributed by atoms with van der Waals surface area (Å²) >= 11 is 2.00. The van der Waals surface area contributed by atoms with Crippen LogP contribution in [0.1, 0.15) is 0 Å².